The number of nitrogens with one attached hydrogen (secondary N) is 1. The Kier molecular flexibility index (Phi) is 9.43. The summed E-state index contributed by atoms with van der Waals surface area (Å²) in [6.45, 7) is 10.8. The number of hydrogen-bond donors (Lipinski definition) is 1. The molecule has 1 fully saturated rings. The molecule has 0 aromatic heterocycles. The summed E-state index contributed by atoms with van der Waals surface area (Å²) < 4.78 is 1.12. The Morgan fingerprint density at radius 3 is 2.50 bits per heavy atom. The number of nitrogens with zero attached hydrogens (tertiary/aromatic N) is 4. The predicted molar refractivity (Wildman–Crippen MR) is 115 cm³/mol. The Hall–Kier alpha value is -1.11. The minimum Gasteiger partial charge on any atom is -0.357 e. The number of guanidine groups is 1. The number of piperazine rings is 1. The van der Waals surface area contributed by atoms with Gasteiger partial charge in [-0.2, -0.15) is 0 Å². The van der Waals surface area contributed by atoms with Crippen LogP contribution >= 0.6 is 15.9 Å². The van der Waals surface area contributed by atoms with Crippen molar-refractivity contribution in [1.29, 1.82) is 0 Å². The third-order valence-corrected chi connectivity index (χ3v) is 5.30. The summed E-state index contributed by atoms with van der Waals surface area (Å²) in [5, 5.41) is 3.41. The van der Waals surface area contributed by atoms with Crippen LogP contribution in [0.2, 0.25) is 0 Å². The van der Waals surface area contributed by atoms with Crippen molar-refractivity contribution >= 4 is 21.9 Å². The van der Waals surface area contributed by atoms with Crippen molar-refractivity contribution in [2.45, 2.75) is 26.3 Å². The summed E-state index contributed by atoms with van der Waals surface area (Å²) in [6, 6.07) is 8.48. The van der Waals surface area contributed by atoms with E-state index in [1.54, 1.807) is 0 Å². The largest absolute Gasteiger partial charge is 0.357 e. The van der Waals surface area contributed by atoms with Crippen molar-refractivity contribution in [1.82, 2.24) is 20.0 Å². The van der Waals surface area contributed by atoms with Crippen molar-refractivity contribution in [3.05, 3.63) is 34.3 Å². The van der Waals surface area contributed by atoms with Gasteiger partial charge in [0.25, 0.3) is 0 Å². The van der Waals surface area contributed by atoms with E-state index in [2.05, 4.69) is 81.2 Å². The minimum atomic E-state index is 0.862. The summed E-state index contributed by atoms with van der Waals surface area (Å²) in [5.41, 5.74) is 1.29. The Bertz CT molecular complexity index is 538. The molecule has 1 aromatic rings. The molecule has 2 rings (SSSR count). The fourth-order valence-corrected chi connectivity index (χ4v) is 3.38. The highest BCUT2D eigenvalue weighted by Gasteiger charge is 2.12. The third kappa shape index (κ3) is 7.64. The quantitative estimate of drug-likeness (QED) is 0.395. The highest BCUT2D eigenvalue weighted by Crippen LogP contribution is 2.12. The molecule has 0 bridgehead atoms. The number of rotatable bonds is 8. The van der Waals surface area contributed by atoms with E-state index in [1.807, 2.05) is 0 Å². The van der Waals surface area contributed by atoms with Crippen LogP contribution in [0, 0.1) is 0 Å². The molecule has 1 aromatic carbocycles. The Balaban J connectivity index is 1.73. The number of unbranched alkanes of at least 4 members (excludes halogenated alkanes) is 1. The fraction of sp³-hybridized carbons (Fsp3) is 0.650. The van der Waals surface area contributed by atoms with Gasteiger partial charge in [-0.15, -0.1) is 0 Å². The first-order valence-corrected chi connectivity index (χ1v) is 10.5. The predicted octanol–water partition coefficient (Wildman–Crippen LogP) is 2.87. The van der Waals surface area contributed by atoms with Crippen LogP contribution in [0.1, 0.15) is 25.3 Å². The lowest BCUT2D eigenvalue weighted by atomic mass is 10.2. The lowest BCUT2D eigenvalue weighted by Crippen LogP contribution is -2.44. The van der Waals surface area contributed by atoms with E-state index < -0.39 is 0 Å². The summed E-state index contributed by atoms with van der Waals surface area (Å²) in [4.78, 5) is 12.0. The van der Waals surface area contributed by atoms with E-state index in [0.29, 0.717) is 0 Å². The first kappa shape index (κ1) is 21.2. The Morgan fingerprint density at radius 2 is 1.85 bits per heavy atom. The van der Waals surface area contributed by atoms with Crippen LogP contribution in [-0.2, 0) is 6.54 Å². The van der Waals surface area contributed by atoms with Crippen molar-refractivity contribution in [2.75, 3.05) is 59.9 Å². The molecule has 1 saturated heterocycles. The number of benzene rings is 1. The second-order valence-electron chi connectivity index (χ2n) is 7.07. The van der Waals surface area contributed by atoms with E-state index in [9.17, 15) is 0 Å². The smallest absolute Gasteiger partial charge is 0.193 e. The summed E-state index contributed by atoms with van der Waals surface area (Å²) in [7, 11) is 4.31. The molecule has 1 heterocycles. The van der Waals surface area contributed by atoms with Crippen molar-refractivity contribution in [3.63, 3.8) is 0 Å². The van der Waals surface area contributed by atoms with Gasteiger partial charge in [0.2, 0.25) is 0 Å². The molecule has 0 amide bonds. The lowest BCUT2D eigenvalue weighted by Gasteiger charge is -2.32. The van der Waals surface area contributed by atoms with Crippen LogP contribution in [0.3, 0.4) is 0 Å². The van der Waals surface area contributed by atoms with Gasteiger partial charge in [-0.25, -0.2) is 0 Å². The Morgan fingerprint density at radius 1 is 1.15 bits per heavy atom. The average Bonchev–Trinajstić information content (AvgIpc) is 2.64. The van der Waals surface area contributed by atoms with Crippen LogP contribution in [0.4, 0.5) is 0 Å². The second-order valence-corrected chi connectivity index (χ2v) is 7.99. The van der Waals surface area contributed by atoms with E-state index >= 15 is 0 Å². The average molecular weight is 424 g/mol. The van der Waals surface area contributed by atoms with Crippen LogP contribution in [0.25, 0.3) is 0 Å². The minimum absolute atomic E-state index is 0.862. The molecular weight excluding hydrogens is 390 g/mol. The molecule has 146 valence electrons. The fourth-order valence-electron chi connectivity index (χ4n) is 3.11. The van der Waals surface area contributed by atoms with Gasteiger partial charge in [-0.3, -0.25) is 4.99 Å². The zero-order chi connectivity index (χ0) is 18.8. The van der Waals surface area contributed by atoms with Gasteiger partial charge in [-0.1, -0.05) is 28.1 Å². The van der Waals surface area contributed by atoms with E-state index in [4.69, 9.17) is 4.99 Å². The van der Waals surface area contributed by atoms with Crippen molar-refractivity contribution < 1.29 is 0 Å². The first-order valence-electron chi connectivity index (χ1n) is 9.73. The maximum atomic E-state index is 4.82. The molecule has 1 aliphatic rings. The molecule has 0 unspecified atom stereocenters. The molecule has 0 aliphatic carbocycles. The van der Waals surface area contributed by atoms with E-state index in [-0.39, 0.29) is 0 Å². The monoisotopic (exact) mass is 423 g/mol. The second kappa shape index (κ2) is 11.6. The number of likely N-dealkylation sites (N-methyl/N-ethyl adjacent to an activating group) is 1. The summed E-state index contributed by atoms with van der Waals surface area (Å²) >= 11 is 3.49. The van der Waals surface area contributed by atoms with Crippen LogP contribution < -0.4 is 5.32 Å². The maximum Gasteiger partial charge on any atom is 0.193 e. The van der Waals surface area contributed by atoms with Crippen LogP contribution in [-0.4, -0.2) is 80.6 Å². The summed E-state index contributed by atoms with van der Waals surface area (Å²) in [5.74, 6) is 0.995. The molecule has 0 radical (unpaired) electrons. The first-order chi connectivity index (χ1) is 12.6. The third-order valence-electron chi connectivity index (χ3n) is 4.77. The molecule has 1 N–H and O–H groups in total. The normalized spacial score (nSPS) is 16.7. The topological polar surface area (TPSA) is 34.1 Å². The van der Waals surface area contributed by atoms with Gasteiger partial charge in [-0.05, 0) is 51.1 Å². The number of hydrogen-bond acceptors (Lipinski definition) is 3. The van der Waals surface area contributed by atoms with Gasteiger partial charge < -0.3 is 20.0 Å². The van der Waals surface area contributed by atoms with Crippen molar-refractivity contribution in [2.24, 2.45) is 4.99 Å². The molecule has 6 heteroatoms. The maximum absolute atomic E-state index is 4.82. The van der Waals surface area contributed by atoms with Gasteiger partial charge in [0, 0.05) is 57.3 Å². The van der Waals surface area contributed by atoms with Crippen LogP contribution in [0.5, 0.6) is 0 Å². The molecule has 0 saturated carbocycles. The molecule has 0 atom stereocenters. The SMILES string of the molecule is CCNC(=NCCCCN1CCN(C)CC1)N(C)Cc1ccc(Br)cc1. The van der Waals surface area contributed by atoms with Gasteiger partial charge >= 0.3 is 0 Å². The highest BCUT2D eigenvalue weighted by molar-refractivity contribution is 9.10. The lowest BCUT2D eigenvalue weighted by molar-refractivity contribution is 0.152. The summed E-state index contributed by atoms with van der Waals surface area (Å²) in [6.07, 6.45) is 2.37. The van der Waals surface area contributed by atoms with E-state index in [0.717, 1.165) is 36.5 Å². The molecule has 5 nitrogen and oxygen atoms in total. The Labute approximate surface area is 167 Å². The molecule has 0 spiro atoms. The number of halogens is 1. The zero-order valence-electron chi connectivity index (χ0n) is 16.5. The standard InChI is InChI=1S/C20H34BrN5/c1-4-22-20(25(3)17-18-7-9-19(21)10-8-18)23-11-5-6-12-26-15-13-24(2)14-16-26/h7-10H,4-6,11-17H2,1-3H3,(H,22,23). The van der Waals surface area contributed by atoms with Crippen LogP contribution in [0.15, 0.2) is 33.7 Å². The number of aliphatic imine (C=N–C) groups is 1. The van der Waals surface area contributed by atoms with Gasteiger partial charge in [0.15, 0.2) is 5.96 Å². The van der Waals surface area contributed by atoms with Crippen molar-refractivity contribution in [3.8, 4) is 0 Å². The molecule has 26 heavy (non-hydrogen) atoms. The van der Waals surface area contributed by atoms with Gasteiger partial charge in [0.05, 0.1) is 0 Å². The highest BCUT2D eigenvalue weighted by atomic mass is 79.9. The zero-order valence-corrected chi connectivity index (χ0v) is 18.1. The molecular formula is C20H34BrN5. The molecule has 1 aliphatic heterocycles. The van der Waals surface area contributed by atoms with Gasteiger partial charge in [0.1, 0.15) is 0 Å². The van der Waals surface area contributed by atoms with E-state index in [1.165, 1.54) is 44.7 Å².